The van der Waals surface area contributed by atoms with Gasteiger partial charge in [-0.15, -0.1) is 0 Å². The summed E-state index contributed by atoms with van der Waals surface area (Å²) in [4.78, 5) is 16.0. The minimum absolute atomic E-state index is 0.204. The summed E-state index contributed by atoms with van der Waals surface area (Å²) in [5.41, 5.74) is 0. The molecule has 20 heavy (non-hydrogen) atoms. The topological polar surface area (TPSA) is 60.5 Å². The van der Waals surface area contributed by atoms with E-state index in [1.54, 1.807) is 0 Å². The molecule has 2 aliphatic rings. The second-order valence-electron chi connectivity index (χ2n) is 5.24. The zero-order valence-electron chi connectivity index (χ0n) is 11.2. The number of nitrogens with zero attached hydrogens (tertiary/aromatic N) is 1. The Labute approximate surface area is 126 Å². The average molecular weight is 317 g/mol. The van der Waals surface area contributed by atoms with Crippen LogP contribution in [0.1, 0.15) is 35.4 Å². The largest absolute Gasteiger partial charge is 0.465 e. The van der Waals surface area contributed by atoms with Gasteiger partial charge >= 0.3 is 5.97 Å². The molecule has 2 unspecified atom stereocenters. The van der Waals surface area contributed by atoms with Gasteiger partial charge in [0.15, 0.2) is 15.2 Å². The molecule has 2 heterocycles. The predicted molar refractivity (Wildman–Crippen MR) is 77.6 cm³/mol. The molecule has 0 radical (unpaired) electrons. The van der Waals surface area contributed by atoms with Gasteiger partial charge in [0.2, 0.25) is 0 Å². The van der Waals surface area contributed by atoms with E-state index in [9.17, 15) is 4.79 Å². The fourth-order valence-electron chi connectivity index (χ4n) is 2.51. The molecule has 1 saturated heterocycles. The van der Waals surface area contributed by atoms with Gasteiger partial charge in [0.05, 0.1) is 13.2 Å². The van der Waals surface area contributed by atoms with Gasteiger partial charge in [-0.3, -0.25) is 0 Å². The van der Waals surface area contributed by atoms with Crippen molar-refractivity contribution >= 4 is 34.0 Å². The SMILES string of the molecule is COC(=O)c1sc(NC2CCOC(C3CC3)C2)nc1Cl. The molecule has 110 valence electrons. The number of esters is 1. The summed E-state index contributed by atoms with van der Waals surface area (Å²) >= 11 is 7.20. The summed E-state index contributed by atoms with van der Waals surface area (Å²) in [5.74, 6) is 0.300. The van der Waals surface area contributed by atoms with Crippen molar-refractivity contribution in [1.29, 1.82) is 0 Å². The Morgan fingerprint density at radius 2 is 2.30 bits per heavy atom. The molecule has 0 aromatic carbocycles. The summed E-state index contributed by atoms with van der Waals surface area (Å²) in [5, 5.41) is 4.25. The molecule has 2 atom stereocenters. The Hall–Kier alpha value is -0.850. The maximum absolute atomic E-state index is 11.5. The van der Waals surface area contributed by atoms with E-state index in [2.05, 4.69) is 15.0 Å². The zero-order chi connectivity index (χ0) is 14.1. The molecule has 1 N–H and O–H groups in total. The van der Waals surface area contributed by atoms with Gasteiger partial charge < -0.3 is 14.8 Å². The standard InChI is InChI=1S/C13H17ClN2O3S/c1-18-12(17)10-11(14)16-13(20-10)15-8-4-5-19-9(6-8)7-2-3-7/h7-9H,2-6H2,1H3,(H,15,16). The number of halogens is 1. The number of carbonyl (C=O) groups is 1. The minimum atomic E-state index is -0.441. The molecule has 5 nitrogen and oxygen atoms in total. The van der Waals surface area contributed by atoms with Crippen molar-refractivity contribution in [3.05, 3.63) is 10.0 Å². The lowest BCUT2D eigenvalue weighted by atomic mass is 10.0. The van der Waals surface area contributed by atoms with Crippen molar-refractivity contribution in [2.45, 2.75) is 37.8 Å². The van der Waals surface area contributed by atoms with Gasteiger partial charge in [-0.2, -0.15) is 0 Å². The van der Waals surface area contributed by atoms with Crippen LogP contribution < -0.4 is 5.32 Å². The van der Waals surface area contributed by atoms with Crippen LogP contribution in [0.15, 0.2) is 0 Å². The molecule has 1 aliphatic carbocycles. The Balaban J connectivity index is 1.63. The van der Waals surface area contributed by atoms with Gasteiger partial charge in [0.25, 0.3) is 0 Å². The van der Waals surface area contributed by atoms with Gasteiger partial charge in [0.1, 0.15) is 0 Å². The molecule has 1 aliphatic heterocycles. The summed E-state index contributed by atoms with van der Waals surface area (Å²) < 4.78 is 10.5. The predicted octanol–water partition coefficient (Wildman–Crippen LogP) is 2.95. The van der Waals surface area contributed by atoms with Crippen LogP contribution >= 0.6 is 22.9 Å². The van der Waals surface area contributed by atoms with Crippen LogP contribution in [0.25, 0.3) is 0 Å². The number of aromatic nitrogens is 1. The molecule has 0 amide bonds. The molecular weight excluding hydrogens is 300 g/mol. The van der Waals surface area contributed by atoms with Crippen molar-refractivity contribution in [1.82, 2.24) is 4.98 Å². The van der Waals surface area contributed by atoms with E-state index in [4.69, 9.17) is 16.3 Å². The highest BCUT2D eigenvalue weighted by Crippen LogP contribution is 2.39. The van der Waals surface area contributed by atoms with Crippen LogP contribution in [0.5, 0.6) is 0 Å². The molecule has 2 fully saturated rings. The van der Waals surface area contributed by atoms with E-state index >= 15 is 0 Å². The van der Waals surface area contributed by atoms with Crippen LogP contribution in [0, 0.1) is 5.92 Å². The first-order valence-corrected chi connectivity index (χ1v) is 7.99. The first-order valence-electron chi connectivity index (χ1n) is 6.80. The van der Waals surface area contributed by atoms with E-state index in [0.29, 0.717) is 22.2 Å². The quantitative estimate of drug-likeness (QED) is 0.865. The first kappa shape index (κ1) is 14.1. The van der Waals surface area contributed by atoms with E-state index < -0.39 is 5.97 Å². The van der Waals surface area contributed by atoms with Crippen molar-refractivity contribution in [2.24, 2.45) is 5.92 Å². The molecule has 1 aromatic rings. The maximum atomic E-state index is 11.5. The minimum Gasteiger partial charge on any atom is -0.465 e. The van der Waals surface area contributed by atoms with Crippen LogP contribution in [-0.2, 0) is 9.47 Å². The summed E-state index contributed by atoms with van der Waals surface area (Å²) in [6, 6.07) is 0.335. The number of thiazole rings is 1. The highest BCUT2D eigenvalue weighted by Gasteiger charge is 2.36. The summed E-state index contributed by atoms with van der Waals surface area (Å²) in [6.07, 6.45) is 4.89. The number of hydrogen-bond donors (Lipinski definition) is 1. The Kier molecular flexibility index (Phi) is 4.14. The fourth-order valence-corrected chi connectivity index (χ4v) is 3.69. The van der Waals surface area contributed by atoms with Crippen LogP contribution in [0.2, 0.25) is 5.15 Å². The zero-order valence-corrected chi connectivity index (χ0v) is 12.8. The van der Waals surface area contributed by atoms with Crippen LogP contribution in [0.4, 0.5) is 5.13 Å². The van der Waals surface area contributed by atoms with Gasteiger partial charge in [-0.1, -0.05) is 22.9 Å². The van der Waals surface area contributed by atoms with Crippen molar-refractivity contribution in [2.75, 3.05) is 19.0 Å². The highest BCUT2D eigenvalue weighted by atomic mass is 35.5. The third kappa shape index (κ3) is 3.07. The number of anilines is 1. The van der Waals surface area contributed by atoms with Crippen molar-refractivity contribution in [3.63, 3.8) is 0 Å². The number of ether oxygens (including phenoxy) is 2. The Bertz CT molecular complexity index is 504. The van der Waals surface area contributed by atoms with Crippen LogP contribution in [0.3, 0.4) is 0 Å². The second kappa shape index (κ2) is 5.87. The number of methoxy groups -OCH3 is 1. The number of hydrogen-bond acceptors (Lipinski definition) is 6. The first-order chi connectivity index (χ1) is 9.67. The monoisotopic (exact) mass is 316 g/mol. The molecule has 3 rings (SSSR count). The lowest BCUT2D eigenvalue weighted by Gasteiger charge is -2.30. The third-order valence-electron chi connectivity index (χ3n) is 3.75. The molecule has 1 aromatic heterocycles. The molecular formula is C13H17ClN2O3S. The number of nitrogens with one attached hydrogen (secondary N) is 1. The summed E-state index contributed by atoms with van der Waals surface area (Å²) in [6.45, 7) is 0.780. The third-order valence-corrected chi connectivity index (χ3v) is 5.10. The van der Waals surface area contributed by atoms with Crippen molar-refractivity contribution in [3.8, 4) is 0 Å². The second-order valence-corrected chi connectivity index (χ2v) is 6.60. The van der Waals surface area contributed by atoms with Crippen LogP contribution in [-0.4, -0.2) is 36.8 Å². The van der Waals surface area contributed by atoms with Crippen molar-refractivity contribution < 1.29 is 14.3 Å². The lowest BCUT2D eigenvalue weighted by Crippen LogP contribution is -2.35. The van der Waals surface area contributed by atoms with E-state index in [0.717, 1.165) is 25.4 Å². The Morgan fingerprint density at radius 3 is 3.00 bits per heavy atom. The number of rotatable bonds is 4. The highest BCUT2D eigenvalue weighted by molar-refractivity contribution is 7.18. The Morgan fingerprint density at radius 1 is 1.50 bits per heavy atom. The summed E-state index contributed by atoms with van der Waals surface area (Å²) in [7, 11) is 1.34. The van der Waals surface area contributed by atoms with Gasteiger partial charge in [-0.05, 0) is 31.6 Å². The fraction of sp³-hybridized carbons (Fsp3) is 0.692. The molecule has 0 spiro atoms. The van der Waals surface area contributed by atoms with Gasteiger partial charge in [0, 0.05) is 12.6 Å². The van der Waals surface area contributed by atoms with E-state index in [-0.39, 0.29) is 5.15 Å². The average Bonchev–Trinajstić information content (AvgIpc) is 3.23. The molecule has 0 bridgehead atoms. The maximum Gasteiger partial charge on any atom is 0.351 e. The number of carbonyl (C=O) groups excluding carboxylic acids is 1. The van der Waals surface area contributed by atoms with Gasteiger partial charge in [-0.25, -0.2) is 9.78 Å². The van der Waals surface area contributed by atoms with E-state index in [1.807, 2.05) is 0 Å². The lowest BCUT2D eigenvalue weighted by molar-refractivity contribution is -0.00218. The normalized spacial score (nSPS) is 26.3. The van der Waals surface area contributed by atoms with E-state index in [1.165, 1.54) is 31.3 Å². The molecule has 1 saturated carbocycles. The molecule has 7 heteroatoms. The smallest absolute Gasteiger partial charge is 0.351 e.